The van der Waals surface area contributed by atoms with Gasteiger partial charge in [0.1, 0.15) is 11.9 Å². The van der Waals surface area contributed by atoms with Crippen LogP contribution in [0.25, 0.3) is 0 Å². The molecule has 0 aliphatic rings. The maximum absolute atomic E-state index is 13.1. The van der Waals surface area contributed by atoms with E-state index in [4.69, 9.17) is 5.26 Å². The maximum Gasteiger partial charge on any atom is 0.241 e. The first-order valence-corrected chi connectivity index (χ1v) is 5.83. The van der Waals surface area contributed by atoms with Crippen LogP contribution >= 0.6 is 0 Å². The van der Waals surface area contributed by atoms with E-state index in [0.717, 1.165) is 0 Å². The third-order valence-corrected chi connectivity index (χ3v) is 2.65. The van der Waals surface area contributed by atoms with Gasteiger partial charge in [0, 0.05) is 18.8 Å². The van der Waals surface area contributed by atoms with Crippen LogP contribution in [0.2, 0.25) is 0 Å². The number of hydrogen-bond donors (Lipinski definition) is 1. The van der Waals surface area contributed by atoms with Crippen LogP contribution in [-0.4, -0.2) is 30.4 Å². The Morgan fingerprint density at radius 1 is 1.44 bits per heavy atom. The average molecular weight is 249 g/mol. The van der Waals surface area contributed by atoms with E-state index in [1.807, 2.05) is 13.8 Å². The van der Waals surface area contributed by atoms with E-state index in [-0.39, 0.29) is 18.0 Å². The van der Waals surface area contributed by atoms with Crippen molar-refractivity contribution < 1.29 is 9.18 Å². The second kappa shape index (κ2) is 6.60. The zero-order valence-electron chi connectivity index (χ0n) is 10.5. The van der Waals surface area contributed by atoms with E-state index in [2.05, 4.69) is 5.32 Å². The fourth-order valence-corrected chi connectivity index (χ4v) is 1.59. The molecule has 0 aliphatic heterocycles. The summed E-state index contributed by atoms with van der Waals surface area (Å²) in [5.74, 6) is -0.582. The summed E-state index contributed by atoms with van der Waals surface area (Å²) in [5.41, 5.74) is 0.531. The van der Waals surface area contributed by atoms with Crippen molar-refractivity contribution in [2.24, 2.45) is 0 Å². The fraction of sp³-hybridized carbons (Fsp3) is 0.385. The van der Waals surface area contributed by atoms with Gasteiger partial charge < -0.3 is 10.2 Å². The summed E-state index contributed by atoms with van der Waals surface area (Å²) < 4.78 is 13.1. The quantitative estimate of drug-likeness (QED) is 0.868. The summed E-state index contributed by atoms with van der Waals surface area (Å²) in [6.07, 6.45) is 0. The number of likely N-dealkylation sites (N-methyl/N-ethyl adjacent to an activating group) is 1. The van der Waals surface area contributed by atoms with Crippen molar-refractivity contribution in [2.75, 3.05) is 25.0 Å². The maximum atomic E-state index is 13.1. The number of carbonyl (C=O) groups excluding carboxylic acids is 1. The van der Waals surface area contributed by atoms with Crippen molar-refractivity contribution in [2.45, 2.75) is 13.8 Å². The van der Waals surface area contributed by atoms with Gasteiger partial charge in [-0.25, -0.2) is 4.39 Å². The molecule has 5 heteroatoms. The number of amides is 1. The number of halogens is 1. The summed E-state index contributed by atoms with van der Waals surface area (Å²) >= 11 is 0. The predicted molar refractivity (Wildman–Crippen MR) is 67.5 cm³/mol. The van der Waals surface area contributed by atoms with Crippen LogP contribution in [0, 0.1) is 17.1 Å². The highest BCUT2D eigenvalue weighted by atomic mass is 19.1. The summed E-state index contributed by atoms with van der Waals surface area (Å²) in [6.45, 7) is 5.27. The number of carbonyl (C=O) groups is 1. The molecule has 96 valence electrons. The zero-order chi connectivity index (χ0) is 13.5. The molecule has 0 aliphatic carbocycles. The first kappa shape index (κ1) is 14.0. The lowest BCUT2D eigenvalue weighted by Crippen LogP contribution is -2.35. The van der Waals surface area contributed by atoms with Gasteiger partial charge in [-0.3, -0.25) is 4.79 Å². The third kappa shape index (κ3) is 3.45. The van der Waals surface area contributed by atoms with Crippen molar-refractivity contribution in [3.05, 3.63) is 29.6 Å². The average Bonchev–Trinajstić information content (AvgIpc) is 2.39. The normalized spacial score (nSPS) is 9.67. The molecular formula is C13H16FN3O. The molecule has 4 nitrogen and oxygen atoms in total. The molecule has 0 radical (unpaired) electrons. The van der Waals surface area contributed by atoms with Crippen molar-refractivity contribution in [1.29, 1.82) is 5.26 Å². The molecular weight excluding hydrogens is 233 g/mol. The second-order valence-electron chi connectivity index (χ2n) is 3.73. The lowest BCUT2D eigenvalue weighted by atomic mass is 10.2. The highest BCUT2D eigenvalue weighted by Gasteiger charge is 2.09. The molecule has 0 saturated carbocycles. The Morgan fingerprint density at radius 3 is 2.67 bits per heavy atom. The van der Waals surface area contributed by atoms with Crippen LogP contribution in [-0.2, 0) is 4.79 Å². The molecule has 0 bridgehead atoms. The Hall–Kier alpha value is -2.09. The Morgan fingerprint density at radius 2 is 2.11 bits per heavy atom. The predicted octanol–water partition coefficient (Wildman–Crippen LogP) is 1.98. The molecule has 1 rings (SSSR count). The number of benzene rings is 1. The van der Waals surface area contributed by atoms with Gasteiger partial charge in [-0.15, -0.1) is 0 Å². The molecule has 1 amide bonds. The number of rotatable bonds is 5. The van der Waals surface area contributed by atoms with Gasteiger partial charge in [-0.2, -0.15) is 5.26 Å². The third-order valence-electron chi connectivity index (χ3n) is 2.65. The molecule has 0 heterocycles. The standard InChI is InChI=1S/C13H16FN3O/c1-3-17(4-2)13(18)9-16-11-5-6-12(14)10(7-11)8-15/h5-7,16H,3-4,9H2,1-2H3. The minimum atomic E-state index is -0.557. The van der Waals surface area contributed by atoms with Crippen molar-refractivity contribution in [3.8, 4) is 6.07 Å². The molecule has 1 aromatic carbocycles. The second-order valence-corrected chi connectivity index (χ2v) is 3.73. The van der Waals surface area contributed by atoms with Crippen molar-refractivity contribution in [1.82, 2.24) is 4.90 Å². The van der Waals surface area contributed by atoms with Gasteiger partial charge in [0.25, 0.3) is 0 Å². The molecule has 0 atom stereocenters. The fourth-order valence-electron chi connectivity index (χ4n) is 1.59. The van der Waals surface area contributed by atoms with E-state index in [1.165, 1.54) is 18.2 Å². The lowest BCUT2D eigenvalue weighted by Gasteiger charge is -2.19. The summed E-state index contributed by atoms with van der Waals surface area (Å²) in [5, 5.41) is 11.6. The molecule has 0 aromatic heterocycles. The molecule has 0 saturated heterocycles. The number of nitrogens with one attached hydrogen (secondary N) is 1. The Kier molecular flexibility index (Phi) is 5.12. The van der Waals surface area contributed by atoms with Crippen LogP contribution in [0.4, 0.5) is 10.1 Å². The zero-order valence-corrected chi connectivity index (χ0v) is 10.5. The van der Waals surface area contributed by atoms with E-state index < -0.39 is 5.82 Å². The summed E-state index contributed by atoms with van der Waals surface area (Å²) in [7, 11) is 0. The number of nitriles is 1. The minimum absolute atomic E-state index is 0.0252. The Bertz CT molecular complexity index is 464. The minimum Gasteiger partial charge on any atom is -0.376 e. The Balaban J connectivity index is 2.64. The molecule has 0 fully saturated rings. The first-order chi connectivity index (χ1) is 8.62. The van der Waals surface area contributed by atoms with Crippen molar-refractivity contribution in [3.63, 3.8) is 0 Å². The van der Waals surface area contributed by atoms with Crippen LogP contribution in [0.1, 0.15) is 19.4 Å². The molecule has 1 aromatic rings. The lowest BCUT2D eigenvalue weighted by molar-refractivity contribution is -0.128. The van der Waals surface area contributed by atoms with Gasteiger partial charge in [0.15, 0.2) is 0 Å². The van der Waals surface area contributed by atoms with Gasteiger partial charge in [-0.05, 0) is 32.0 Å². The van der Waals surface area contributed by atoms with Crippen LogP contribution in [0.15, 0.2) is 18.2 Å². The number of hydrogen-bond acceptors (Lipinski definition) is 3. The largest absolute Gasteiger partial charge is 0.376 e. The van der Waals surface area contributed by atoms with Crippen LogP contribution in [0.5, 0.6) is 0 Å². The molecule has 18 heavy (non-hydrogen) atoms. The summed E-state index contributed by atoms with van der Waals surface area (Å²) in [4.78, 5) is 13.4. The van der Waals surface area contributed by atoms with E-state index in [1.54, 1.807) is 11.0 Å². The smallest absolute Gasteiger partial charge is 0.241 e. The highest BCUT2D eigenvalue weighted by Crippen LogP contribution is 2.13. The molecule has 0 unspecified atom stereocenters. The van der Waals surface area contributed by atoms with Crippen LogP contribution < -0.4 is 5.32 Å². The molecule has 0 spiro atoms. The van der Waals surface area contributed by atoms with E-state index in [0.29, 0.717) is 18.8 Å². The monoisotopic (exact) mass is 249 g/mol. The van der Waals surface area contributed by atoms with Crippen molar-refractivity contribution >= 4 is 11.6 Å². The van der Waals surface area contributed by atoms with Gasteiger partial charge >= 0.3 is 0 Å². The van der Waals surface area contributed by atoms with Gasteiger partial charge in [0.05, 0.1) is 12.1 Å². The van der Waals surface area contributed by atoms with Gasteiger partial charge in [-0.1, -0.05) is 0 Å². The highest BCUT2D eigenvalue weighted by molar-refractivity contribution is 5.80. The first-order valence-electron chi connectivity index (χ1n) is 5.83. The number of anilines is 1. The number of nitrogens with zero attached hydrogens (tertiary/aromatic N) is 2. The van der Waals surface area contributed by atoms with E-state index in [9.17, 15) is 9.18 Å². The Labute approximate surface area is 106 Å². The summed E-state index contributed by atoms with van der Waals surface area (Å²) in [6, 6.07) is 5.87. The SMILES string of the molecule is CCN(CC)C(=O)CNc1ccc(F)c(C#N)c1. The van der Waals surface area contributed by atoms with E-state index >= 15 is 0 Å². The van der Waals surface area contributed by atoms with Crippen LogP contribution in [0.3, 0.4) is 0 Å². The molecule has 1 N–H and O–H groups in total. The van der Waals surface area contributed by atoms with Gasteiger partial charge in [0.2, 0.25) is 5.91 Å². The topological polar surface area (TPSA) is 56.1 Å².